The van der Waals surface area contributed by atoms with E-state index < -0.39 is 52.9 Å². The number of nitrogens with one attached hydrogen (secondary N) is 1. The molecule has 9 nitrogen and oxygen atoms in total. The van der Waals surface area contributed by atoms with Crippen molar-refractivity contribution in [3.63, 3.8) is 0 Å². The zero-order valence-electron chi connectivity index (χ0n) is 19.3. The fourth-order valence-electron chi connectivity index (χ4n) is 4.41. The number of aliphatic hydroxyl groups excluding tert-OH is 1. The van der Waals surface area contributed by atoms with Crippen molar-refractivity contribution < 1.29 is 22.8 Å². The van der Waals surface area contributed by atoms with Gasteiger partial charge in [0.15, 0.2) is 6.23 Å². The molecule has 11 heteroatoms. The van der Waals surface area contributed by atoms with Crippen molar-refractivity contribution >= 4 is 17.1 Å². The van der Waals surface area contributed by atoms with Gasteiger partial charge in [-0.25, -0.2) is 4.79 Å². The lowest BCUT2D eigenvalue weighted by molar-refractivity contribution is -0.0591. The van der Waals surface area contributed by atoms with Crippen LogP contribution in [-0.4, -0.2) is 56.7 Å². The summed E-state index contributed by atoms with van der Waals surface area (Å²) in [5.41, 5.74) is -0.685. The molecule has 8 atom stereocenters. The van der Waals surface area contributed by atoms with Gasteiger partial charge in [-0.05, 0) is 23.7 Å². The van der Waals surface area contributed by atoms with Crippen molar-refractivity contribution in [1.29, 1.82) is 0 Å². The van der Waals surface area contributed by atoms with Crippen LogP contribution in [0.3, 0.4) is 0 Å². The lowest BCUT2D eigenvalue weighted by atomic mass is 10.1. The molecule has 3 rings (SSSR count). The van der Waals surface area contributed by atoms with Crippen molar-refractivity contribution in [3.8, 4) is 0 Å². The highest BCUT2D eigenvalue weighted by Gasteiger charge is 2.58. The Bertz CT molecular complexity index is 880. The minimum Gasteiger partial charge on any atom is -0.414 e. The molecule has 0 spiro atoms. The second-order valence-corrected chi connectivity index (χ2v) is 16.5. The van der Waals surface area contributed by atoms with E-state index in [4.69, 9.17) is 17.7 Å². The van der Waals surface area contributed by atoms with Crippen molar-refractivity contribution in [2.45, 2.75) is 95.7 Å². The molecule has 1 aromatic rings. The Hall–Kier alpha value is -1.09. The van der Waals surface area contributed by atoms with E-state index in [1.54, 1.807) is 0 Å². The lowest BCUT2D eigenvalue weighted by Gasteiger charge is -2.47. The van der Waals surface area contributed by atoms with Gasteiger partial charge in [0, 0.05) is 12.3 Å². The van der Waals surface area contributed by atoms with Crippen LogP contribution in [0.2, 0.25) is 23.7 Å². The smallest absolute Gasteiger partial charge is 0.332 e. The van der Waals surface area contributed by atoms with Crippen LogP contribution in [-0.2, 0) is 17.7 Å². The first-order chi connectivity index (χ1) is 14.6. The Morgan fingerprint density at radius 3 is 2.48 bits per heavy atom. The third kappa shape index (κ3) is 4.54. The fourth-order valence-corrected chi connectivity index (χ4v) is 13.8. The molecule has 0 saturated carbocycles. The van der Waals surface area contributed by atoms with Gasteiger partial charge in [-0.3, -0.25) is 14.3 Å². The van der Waals surface area contributed by atoms with Crippen molar-refractivity contribution in [3.05, 3.63) is 33.1 Å². The average Bonchev–Trinajstić information content (AvgIpc) is 3.03. The summed E-state index contributed by atoms with van der Waals surface area (Å²) in [5.74, 6) is 0. The number of rotatable bonds is 6. The number of aromatic amines is 1. The zero-order valence-corrected chi connectivity index (χ0v) is 21.3. The summed E-state index contributed by atoms with van der Waals surface area (Å²) >= 11 is 0. The molecule has 0 bridgehead atoms. The maximum atomic E-state index is 12.3. The highest BCUT2D eigenvalue weighted by molar-refractivity contribution is 6.82. The molecule has 0 radical (unpaired) electrons. The molecule has 8 unspecified atom stereocenters. The van der Waals surface area contributed by atoms with Gasteiger partial charge in [0.2, 0.25) is 0 Å². The number of aliphatic hydroxyl groups is 1. The SMILES string of the molecule is CCC(C)[Si]1(C)OC2C(CO[Si](CC)(C(C)CC)O1)OC(n1ccc(=O)[nH]c1=O)C2O. The maximum Gasteiger partial charge on any atom is 0.332 e. The molecular weight excluding hydrogens is 436 g/mol. The van der Waals surface area contributed by atoms with E-state index in [2.05, 4.69) is 46.1 Å². The first-order valence-electron chi connectivity index (χ1n) is 11.3. The minimum absolute atomic E-state index is 0.180. The molecule has 0 aromatic carbocycles. The van der Waals surface area contributed by atoms with Crippen LogP contribution in [0.4, 0.5) is 0 Å². The van der Waals surface area contributed by atoms with Crippen LogP contribution in [0.25, 0.3) is 0 Å². The van der Waals surface area contributed by atoms with E-state index in [9.17, 15) is 14.7 Å². The highest BCUT2D eigenvalue weighted by atomic mass is 28.5. The molecule has 3 heterocycles. The summed E-state index contributed by atoms with van der Waals surface area (Å²) in [6, 6.07) is 2.03. The zero-order chi connectivity index (χ0) is 23.0. The van der Waals surface area contributed by atoms with Crippen LogP contribution < -0.4 is 11.2 Å². The topological polar surface area (TPSA) is 112 Å². The summed E-state index contributed by atoms with van der Waals surface area (Å²) in [6.45, 7) is 12.9. The van der Waals surface area contributed by atoms with E-state index in [-0.39, 0.29) is 17.7 Å². The predicted molar refractivity (Wildman–Crippen MR) is 120 cm³/mol. The van der Waals surface area contributed by atoms with Crippen LogP contribution in [0, 0.1) is 0 Å². The molecule has 2 N–H and O–H groups in total. The highest BCUT2D eigenvalue weighted by Crippen LogP contribution is 2.43. The predicted octanol–water partition coefficient (Wildman–Crippen LogP) is 2.36. The molecule has 2 aliphatic heterocycles. The van der Waals surface area contributed by atoms with E-state index in [1.807, 2.05) is 0 Å². The summed E-state index contributed by atoms with van der Waals surface area (Å²) in [7, 11) is -5.39. The second-order valence-electron chi connectivity index (χ2n) is 8.87. The number of hydrogen-bond donors (Lipinski definition) is 2. The van der Waals surface area contributed by atoms with Crippen molar-refractivity contribution in [2.24, 2.45) is 0 Å². The molecule has 31 heavy (non-hydrogen) atoms. The molecule has 2 saturated heterocycles. The second kappa shape index (κ2) is 9.42. The Kier molecular flexibility index (Phi) is 7.46. The maximum absolute atomic E-state index is 12.3. The normalized spacial score (nSPS) is 38.2. The van der Waals surface area contributed by atoms with Crippen LogP contribution >= 0.6 is 0 Å². The molecular formula is C20H36N2O7Si2. The third-order valence-corrected chi connectivity index (χ3v) is 16.5. The number of nitrogens with zero attached hydrogens (tertiary/aromatic N) is 1. The monoisotopic (exact) mass is 472 g/mol. The van der Waals surface area contributed by atoms with Gasteiger partial charge in [-0.2, -0.15) is 0 Å². The third-order valence-electron chi connectivity index (χ3n) is 7.04. The number of aromatic nitrogens is 2. The van der Waals surface area contributed by atoms with E-state index in [1.165, 1.54) is 16.8 Å². The van der Waals surface area contributed by atoms with Gasteiger partial charge in [-0.15, -0.1) is 0 Å². The molecule has 1 aromatic heterocycles. The number of H-pyrrole nitrogens is 1. The molecule has 0 aliphatic carbocycles. The number of hydrogen-bond acceptors (Lipinski definition) is 7. The fraction of sp³-hybridized carbons (Fsp3) is 0.800. The molecule has 2 aliphatic rings. The first-order valence-corrected chi connectivity index (χ1v) is 15.8. The Morgan fingerprint density at radius 2 is 1.90 bits per heavy atom. The average molecular weight is 473 g/mol. The van der Waals surface area contributed by atoms with Crippen LogP contribution in [0.1, 0.15) is 53.7 Å². The number of ether oxygens (including phenoxy) is 1. The van der Waals surface area contributed by atoms with Crippen LogP contribution in [0.5, 0.6) is 0 Å². The summed E-state index contributed by atoms with van der Waals surface area (Å²) in [4.78, 5) is 26.0. The van der Waals surface area contributed by atoms with E-state index >= 15 is 0 Å². The molecule has 0 amide bonds. The van der Waals surface area contributed by atoms with Crippen molar-refractivity contribution in [2.75, 3.05) is 6.61 Å². The van der Waals surface area contributed by atoms with Gasteiger partial charge in [0.1, 0.15) is 18.3 Å². The Morgan fingerprint density at radius 1 is 1.23 bits per heavy atom. The molecule has 176 valence electrons. The summed E-state index contributed by atoms with van der Waals surface area (Å²) in [5, 5.41) is 11.1. The van der Waals surface area contributed by atoms with Gasteiger partial charge < -0.3 is 22.8 Å². The summed E-state index contributed by atoms with van der Waals surface area (Å²) < 4.78 is 27.4. The Balaban J connectivity index is 2.00. The van der Waals surface area contributed by atoms with Gasteiger partial charge in [0.05, 0.1) is 6.61 Å². The molecule has 2 fully saturated rings. The minimum atomic E-state index is -2.79. The van der Waals surface area contributed by atoms with Gasteiger partial charge in [-0.1, -0.05) is 47.5 Å². The lowest BCUT2D eigenvalue weighted by Crippen LogP contribution is -2.62. The quantitative estimate of drug-likeness (QED) is 0.611. The number of fused-ring (bicyclic) bond motifs is 1. The Labute approximate surface area is 185 Å². The van der Waals surface area contributed by atoms with Crippen LogP contribution in [0.15, 0.2) is 21.9 Å². The summed E-state index contributed by atoms with van der Waals surface area (Å²) in [6.07, 6.45) is -0.141. The van der Waals surface area contributed by atoms with Gasteiger partial charge in [0.25, 0.3) is 5.56 Å². The van der Waals surface area contributed by atoms with E-state index in [0.717, 1.165) is 18.9 Å². The van der Waals surface area contributed by atoms with Gasteiger partial charge >= 0.3 is 22.8 Å². The van der Waals surface area contributed by atoms with Crippen molar-refractivity contribution in [1.82, 2.24) is 9.55 Å². The van der Waals surface area contributed by atoms with E-state index in [0.29, 0.717) is 0 Å². The largest absolute Gasteiger partial charge is 0.414 e. The first kappa shape index (κ1) is 24.6. The standard InChI is InChI=1S/C20H36N2O7Si2/c1-7-13(4)30(6)28-18-15(12-26-31(9-3,29-30)14(5)8-2)27-19(17(18)24)22-11-10-16(23)21-20(22)25/h10-11,13-15,17-19,24H,7-9,12H2,1-6H3,(H,21,23,25).